The molecule has 0 spiro atoms. The Morgan fingerprint density at radius 1 is 1.47 bits per heavy atom. The molecule has 2 aliphatic rings. The van der Waals surface area contributed by atoms with E-state index in [1.807, 2.05) is 0 Å². The van der Waals surface area contributed by atoms with E-state index >= 15 is 0 Å². The third-order valence-electron chi connectivity index (χ3n) is 4.06. The zero-order valence-electron chi connectivity index (χ0n) is 9.73. The van der Waals surface area contributed by atoms with Crippen molar-refractivity contribution < 1.29 is 4.74 Å². The average Bonchev–Trinajstić information content (AvgIpc) is 2.73. The zero-order chi connectivity index (χ0) is 10.6. The highest BCUT2D eigenvalue weighted by atomic mass is 16.6. The molecule has 1 saturated carbocycles. The van der Waals surface area contributed by atoms with Gasteiger partial charge in [0.1, 0.15) is 5.60 Å². The first-order valence-corrected chi connectivity index (χ1v) is 5.93. The normalized spacial score (nSPS) is 43.8. The van der Waals surface area contributed by atoms with Crippen LogP contribution in [0.15, 0.2) is 18.3 Å². The van der Waals surface area contributed by atoms with Gasteiger partial charge in [0.05, 0.1) is 11.8 Å². The maximum absolute atomic E-state index is 6.05. The molecular weight excluding hydrogens is 186 g/mol. The molecule has 2 nitrogen and oxygen atoms in total. The predicted octanol–water partition coefficient (Wildman–Crippen LogP) is 2.69. The number of rotatable bonds is 1. The van der Waals surface area contributed by atoms with Crippen LogP contribution in [0.5, 0.6) is 0 Å². The summed E-state index contributed by atoms with van der Waals surface area (Å²) in [6.45, 7) is 4.67. The van der Waals surface area contributed by atoms with Gasteiger partial charge in [0.25, 0.3) is 0 Å². The highest BCUT2D eigenvalue weighted by Crippen LogP contribution is 2.58. The first kappa shape index (κ1) is 9.46. The van der Waals surface area contributed by atoms with Crippen molar-refractivity contribution in [2.75, 3.05) is 0 Å². The van der Waals surface area contributed by atoms with Gasteiger partial charge in [-0.15, -0.1) is 0 Å². The molecule has 0 bridgehead atoms. The van der Waals surface area contributed by atoms with Crippen molar-refractivity contribution in [2.24, 2.45) is 18.9 Å². The van der Waals surface area contributed by atoms with Crippen molar-refractivity contribution in [1.82, 2.24) is 4.57 Å². The predicted molar refractivity (Wildman–Crippen MR) is 59.5 cm³/mol. The second kappa shape index (κ2) is 2.88. The lowest BCUT2D eigenvalue weighted by Gasteiger charge is -2.27. The lowest BCUT2D eigenvalue weighted by molar-refractivity contribution is 0.252. The Kier molecular flexibility index (Phi) is 1.82. The molecule has 0 unspecified atom stereocenters. The van der Waals surface area contributed by atoms with Gasteiger partial charge < -0.3 is 9.30 Å². The van der Waals surface area contributed by atoms with Gasteiger partial charge in [0.2, 0.25) is 0 Å². The van der Waals surface area contributed by atoms with Gasteiger partial charge in [-0.25, -0.2) is 0 Å². The standard InChI is InChI=1S/C13H19NO/c1-9-7-10(2)12-13(8-9,15-12)11-5-4-6-14(11)3/h4-6,9-10,12H,7-8H2,1-3H3/t9-,10+,12+,13-/m1/s1. The zero-order valence-corrected chi connectivity index (χ0v) is 9.73. The fourth-order valence-corrected chi connectivity index (χ4v) is 3.50. The Hall–Kier alpha value is -0.760. The number of ether oxygens (including phenoxy) is 1. The number of aromatic nitrogens is 1. The van der Waals surface area contributed by atoms with Crippen LogP contribution in [0.2, 0.25) is 0 Å². The smallest absolute Gasteiger partial charge is 0.135 e. The van der Waals surface area contributed by atoms with Crippen LogP contribution in [0.1, 0.15) is 32.4 Å². The van der Waals surface area contributed by atoms with Crippen LogP contribution in [0.3, 0.4) is 0 Å². The van der Waals surface area contributed by atoms with E-state index in [-0.39, 0.29) is 5.60 Å². The quantitative estimate of drug-likeness (QED) is 0.644. The lowest BCUT2D eigenvalue weighted by atomic mass is 9.75. The van der Waals surface area contributed by atoms with Crippen LogP contribution < -0.4 is 0 Å². The highest BCUT2D eigenvalue weighted by Gasteiger charge is 2.63. The van der Waals surface area contributed by atoms with E-state index in [0.717, 1.165) is 5.92 Å². The van der Waals surface area contributed by atoms with Gasteiger partial charge in [-0.1, -0.05) is 13.8 Å². The van der Waals surface area contributed by atoms with Gasteiger partial charge >= 0.3 is 0 Å². The molecule has 0 aromatic carbocycles. The molecule has 82 valence electrons. The molecule has 1 aromatic rings. The average molecular weight is 205 g/mol. The number of aryl methyl sites for hydroxylation is 1. The van der Waals surface area contributed by atoms with E-state index in [1.165, 1.54) is 18.5 Å². The van der Waals surface area contributed by atoms with E-state index < -0.39 is 0 Å². The van der Waals surface area contributed by atoms with Gasteiger partial charge in [-0.05, 0) is 36.8 Å². The molecule has 3 rings (SSSR count). The molecule has 0 N–H and O–H groups in total. The molecular formula is C13H19NO. The molecule has 15 heavy (non-hydrogen) atoms. The summed E-state index contributed by atoms with van der Waals surface area (Å²) in [7, 11) is 2.12. The number of hydrogen-bond donors (Lipinski definition) is 0. The third kappa shape index (κ3) is 1.21. The summed E-state index contributed by atoms with van der Waals surface area (Å²) in [4.78, 5) is 0. The van der Waals surface area contributed by atoms with Crippen molar-refractivity contribution in [3.05, 3.63) is 24.0 Å². The fraction of sp³-hybridized carbons (Fsp3) is 0.692. The minimum atomic E-state index is 0.0648. The first-order valence-electron chi connectivity index (χ1n) is 5.93. The van der Waals surface area contributed by atoms with Crippen LogP contribution in [-0.4, -0.2) is 10.7 Å². The van der Waals surface area contributed by atoms with Crippen LogP contribution in [0, 0.1) is 11.8 Å². The van der Waals surface area contributed by atoms with E-state index in [0.29, 0.717) is 12.0 Å². The number of nitrogens with zero attached hydrogens (tertiary/aromatic N) is 1. The number of hydrogen-bond acceptors (Lipinski definition) is 1. The van der Waals surface area contributed by atoms with Crippen molar-refractivity contribution in [1.29, 1.82) is 0 Å². The Balaban J connectivity index is 1.97. The fourth-order valence-electron chi connectivity index (χ4n) is 3.50. The Bertz CT molecular complexity index is 384. The van der Waals surface area contributed by atoms with Crippen LogP contribution >= 0.6 is 0 Å². The monoisotopic (exact) mass is 205 g/mol. The summed E-state index contributed by atoms with van der Waals surface area (Å²) in [6, 6.07) is 4.33. The highest BCUT2D eigenvalue weighted by molar-refractivity contribution is 5.26. The summed E-state index contributed by atoms with van der Waals surface area (Å²) < 4.78 is 8.27. The summed E-state index contributed by atoms with van der Waals surface area (Å²) >= 11 is 0. The van der Waals surface area contributed by atoms with Crippen molar-refractivity contribution >= 4 is 0 Å². The molecule has 1 saturated heterocycles. The first-order chi connectivity index (χ1) is 7.13. The number of fused-ring (bicyclic) bond motifs is 1. The summed E-state index contributed by atoms with van der Waals surface area (Å²) in [5.74, 6) is 1.50. The molecule has 1 aromatic heterocycles. The van der Waals surface area contributed by atoms with Crippen LogP contribution in [0.25, 0.3) is 0 Å². The number of epoxide rings is 1. The second-order valence-corrected chi connectivity index (χ2v) is 5.45. The van der Waals surface area contributed by atoms with Gasteiger partial charge in [0, 0.05) is 13.2 Å². The second-order valence-electron chi connectivity index (χ2n) is 5.45. The summed E-state index contributed by atoms with van der Waals surface area (Å²) in [5, 5.41) is 0. The molecule has 2 heteroatoms. The summed E-state index contributed by atoms with van der Waals surface area (Å²) in [6.07, 6.45) is 5.10. The largest absolute Gasteiger partial charge is 0.359 e. The van der Waals surface area contributed by atoms with Crippen LogP contribution in [0.4, 0.5) is 0 Å². The van der Waals surface area contributed by atoms with E-state index in [4.69, 9.17) is 4.74 Å². The maximum atomic E-state index is 6.05. The third-order valence-corrected chi connectivity index (χ3v) is 4.06. The van der Waals surface area contributed by atoms with E-state index in [2.05, 4.69) is 43.8 Å². The Morgan fingerprint density at radius 3 is 2.93 bits per heavy atom. The Labute approximate surface area is 91.2 Å². The van der Waals surface area contributed by atoms with Gasteiger partial charge in [-0.2, -0.15) is 0 Å². The van der Waals surface area contributed by atoms with Crippen molar-refractivity contribution in [3.63, 3.8) is 0 Å². The molecule has 0 amide bonds. The topological polar surface area (TPSA) is 17.5 Å². The minimum Gasteiger partial charge on any atom is -0.359 e. The molecule has 1 aliphatic carbocycles. The lowest BCUT2D eigenvalue weighted by Crippen LogP contribution is -2.29. The van der Waals surface area contributed by atoms with E-state index in [1.54, 1.807) is 0 Å². The van der Waals surface area contributed by atoms with Crippen molar-refractivity contribution in [3.8, 4) is 0 Å². The Morgan fingerprint density at radius 2 is 2.27 bits per heavy atom. The summed E-state index contributed by atoms with van der Waals surface area (Å²) in [5.41, 5.74) is 1.43. The van der Waals surface area contributed by atoms with E-state index in [9.17, 15) is 0 Å². The molecule has 0 radical (unpaired) electrons. The van der Waals surface area contributed by atoms with Gasteiger partial charge in [0.15, 0.2) is 0 Å². The van der Waals surface area contributed by atoms with Crippen molar-refractivity contribution in [2.45, 2.75) is 38.4 Å². The molecule has 2 fully saturated rings. The molecule has 2 heterocycles. The minimum absolute atomic E-state index is 0.0648. The SMILES string of the molecule is C[C@@H]1C[C@H](C)[C@@H]2O[C@@]2(c2cccn2C)C1. The maximum Gasteiger partial charge on any atom is 0.135 e. The van der Waals surface area contributed by atoms with Crippen LogP contribution in [-0.2, 0) is 17.4 Å². The molecule has 1 aliphatic heterocycles. The molecule has 4 atom stereocenters. The van der Waals surface area contributed by atoms with Gasteiger partial charge in [-0.3, -0.25) is 0 Å².